The molecule has 0 radical (unpaired) electrons. The van der Waals surface area contributed by atoms with Crippen LogP contribution in [0.15, 0.2) is 30.5 Å². The van der Waals surface area contributed by atoms with Gasteiger partial charge in [-0.3, -0.25) is 5.32 Å². The van der Waals surface area contributed by atoms with Crippen LogP contribution >= 0.6 is 11.6 Å². The molecule has 1 aromatic heterocycles. The molecule has 2 aliphatic rings. The van der Waals surface area contributed by atoms with E-state index in [9.17, 15) is 13.2 Å². The molecule has 2 amide bonds. The van der Waals surface area contributed by atoms with Crippen molar-refractivity contribution in [2.45, 2.75) is 25.6 Å². The molecule has 1 atom stereocenters. The van der Waals surface area contributed by atoms with Crippen LogP contribution in [0.2, 0.25) is 5.02 Å². The van der Waals surface area contributed by atoms with E-state index in [1.54, 1.807) is 21.8 Å². The van der Waals surface area contributed by atoms with Crippen molar-refractivity contribution in [1.29, 1.82) is 0 Å². The number of carbonyl (C=O) groups excluding carboxylic acids is 1. The maximum Gasteiger partial charge on any atom is 0.323 e. The Morgan fingerprint density at radius 3 is 2.84 bits per heavy atom. The predicted octanol–water partition coefficient (Wildman–Crippen LogP) is 2.44. The summed E-state index contributed by atoms with van der Waals surface area (Å²) in [5.41, 5.74) is 2.01. The second kappa shape index (κ2) is 6.03. The average Bonchev–Trinajstić information content (AvgIpc) is 3.25. The van der Waals surface area contributed by atoms with Crippen molar-refractivity contribution in [3.05, 3.63) is 46.6 Å². The van der Waals surface area contributed by atoms with E-state index < -0.39 is 9.84 Å². The van der Waals surface area contributed by atoms with Gasteiger partial charge in [0.1, 0.15) is 5.82 Å². The standard InChI is InChI=1S/C16H17ClN4O3S/c17-14-3-1-2-11-8-20(9-13(11)14)16(22)19-15-4-6-18-21(15)12-5-7-25(23,24)10-12/h1-4,6,12H,5,7-10H2,(H,19,22). The minimum atomic E-state index is -3.02. The molecule has 7 nitrogen and oxygen atoms in total. The number of halogens is 1. The Morgan fingerprint density at radius 2 is 2.12 bits per heavy atom. The Balaban J connectivity index is 1.48. The van der Waals surface area contributed by atoms with Gasteiger partial charge in [-0.05, 0) is 23.6 Å². The van der Waals surface area contributed by atoms with E-state index in [1.165, 1.54) is 0 Å². The number of hydrogen-bond donors (Lipinski definition) is 1. The molecule has 1 saturated heterocycles. The molecule has 1 fully saturated rings. The number of nitrogens with one attached hydrogen (secondary N) is 1. The molecule has 4 rings (SSSR count). The topological polar surface area (TPSA) is 84.3 Å². The molecule has 0 spiro atoms. The smallest absolute Gasteiger partial charge is 0.316 e. The van der Waals surface area contributed by atoms with Crippen LogP contribution in [0.3, 0.4) is 0 Å². The third-order valence-electron chi connectivity index (χ3n) is 4.67. The van der Waals surface area contributed by atoms with Crippen molar-refractivity contribution in [3.63, 3.8) is 0 Å². The first-order chi connectivity index (χ1) is 11.9. The van der Waals surface area contributed by atoms with Crippen molar-refractivity contribution in [2.75, 3.05) is 16.8 Å². The number of sulfone groups is 1. The number of urea groups is 1. The van der Waals surface area contributed by atoms with Gasteiger partial charge in [0.2, 0.25) is 0 Å². The third kappa shape index (κ3) is 3.11. The quantitative estimate of drug-likeness (QED) is 0.867. The van der Waals surface area contributed by atoms with Gasteiger partial charge < -0.3 is 4.90 Å². The van der Waals surface area contributed by atoms with Gasteiger partial charge >= 0.3 is 6.03 Å². The number of hydrogen-bond acceptors (Lipinski definition) is 4. The Hall–Kier alpha value is -2.06. The summed E-state index contributed by atoms with van der Waals surface area (Å²) < 4.78 is 25.0. The van der Waals surface area contributed by atoms with Crippen LogP contribution in [-0.4, -0.2) is 40.6 Å². The van der Waals surface area contributed by atoms with Crippen molar-refractivity contribution in [3.8, 4) is 0 Å². The number of aromatic nitrogens is 2. The maximum absolute atomic E-state index is 12.6. The molecule has 132 valence electrons. The largest absolute Gasteiger partial charge is 0.323 e. The lowest BCUT2D eigenvalue weighted by molar-refractivity contribution is 0.212. The Labute approximate surface area is 150 Å². The normalized spacial score (nSPS) is 21.3. The van der Waals surface area contributed by atoms with E-state index in [0.717, 1.165) is 11.1 Å². The summed E-state index contributed by atoms with van der Waals surface area (Å²) in [5, 5.41) is 7.70. The van der Waals surface area contributed by atoms with Crippen LogP contribution in [0.25, 0.3) is 0 Å². The zero-order chi connectivity index (χ0) is 17.6. The fraction of sp³-hybridized carbons (Fsp3) is 0.375. The second-order valence-electron chi connectivity index (χ2n) is 6.38. The number of carbonyl (C=O) groups is 1. The van der Waals surface area contributed by atoms with Crippen LogP contribution in [0.5, 0.6) is 0 Å². The molecule has 0 aliphatic carbocycles. The highest BCUT2D eigenvalue weighted by molar-refractivity contribution is 7.91. The molecule has 1 unspecified atom stereocenters. The number of amides is 2. The van der Waals surface area contributed by atoms with E-state index in [-0.39, 0.29) is 23.6 Å². The van der Waals surface area contributed by atoms with Crippen molar-refractivity contribution in [2.24, 2.45) is 0 Å². The summed E-state index contributed by atoms with van der Waals surface area (Å²) in [5.74, 6) is 0.724. The van der Waals surface area contributed by atoms with Crippen molar-refractivity contribution in [1.82, 2.24) is 14.7 Å². The van der Waals surface area contributed by atoms with Gasteiger partial charge in [0.25, 0.3) is 0 Å². The summed E-state index contributed by atoms with van der Waals surface area (Å²) in [4.78, 5) is 14.3. The van der Waals surface area contributed by atoms with Crippen LogP contribution in [0.4, 0.5) is 10.6 Å². The highest BCUT2D eigenvalue weighted by Gasteiger charge is 2.32. The lowest BCUT2D eigenvalue weighted by Gasteiger charge is -2.18. The monoisotopic (exact) mass is 380 g/mol. The molecule has 1 aromatic carbocycles. The van der Waals surface area contributed by atoms with Crippen LogP contribution < -0.4 is 5.32 Å². The van der Waals surface area contributed by atoms with Crippen LogP contribution in [0, 0.1) is 0 Å². The average molecular weight is 381 g/mol. The minimum absolute atomic E-state index is 0.0579. The highest BCUT2D eigenvalue weighted by Crippen LogP contribution is 2.30. The molecule has 1 N–H and O–H groups in total. The van der Waals surface area contributed by atoms with Crippen molar-refractivity contribution >= 4 is 33.3 Å². The number of anilines is 1. The fourth-order valence-electron chi connectivity index (χ4n) is 3.39. The van der Waals surface area contributed by atoms with Crippen LogP contribution in [-0.2, 0) is 22.9 Å². The lowest BCUT2D eigenvalue weighted by Crippen LogP contribution is -2.31. The molecule has 3 heterocycles. The zero-order valence-electron chi connectivity index (χ0n) is 13.4. The summed E-state index contributed by atoms with van der Waals surface area (Å²) in [6.45, 7) is 0.945. The Morgan fingerprint density at radius 1 is 1.28 bits per heavy atom. The molecule has 2 aliphatic heterocycles. The molecule has 0 bridgehead atoms. The SMILES string of the molecule is O=C(Nc1ccnn1C1CCS(=O)(=O)C1)N1Cc2cccc(Cl)c2C1. The first-order valence-corrected chi connectivity index (χ1v) is 10.2. The maximum atomic E-state index is 12.6. The first-order valence-electron chi connectivity index (χ1n) is 7.99. The molecule has 0 saturated carbocycles. The second-order valence-corrected chi connectivity index (χ2v) is 9.02. The fourth-order valence-corrected chi connectivity index (χ4v) is 5.33. The van der Waals surface area contributed by atoms with Gasteiger partial charge in [-0.15, -0.1) is 0 Å². The first kappa shape index (κ1) is 16.4. The van der Waals surface area contributed by atoms with Gasteiger partial charge in [0.15, 0.2) is 9.84 Å². The van der Waals surface area contributed by atoms with Gasteiger partial charge in [-0.25, -0.2) is 17.9 Å². The lowest BCUT2D eigenvalue weighted by atomic mass is 10.1. The minimum Gasteiger partial charge on any atom is -0.316 e. The Kier molecular flexibility index (Phi) is 3.96. The number of benzene rings is 1. The van der Waals surface area contributed by atoms with Gasteiger partial charge in [-0.2, -0.15) is 5.10 Å². The van der Waals surface area contributed by atoms with E-state index in [4.69, 9.17) is 11.6 Å². The van der Waals surface area contributed by atoms with Gasteiger partial charge in [-0.1, -0.05) is 23.7 Å². The number of fused-ring (bicyclic) bond motifs is 1. The predicted molar refractivity (Wildman–Crippen MR) is 94.3 cm³/mol. The Bertz CT molecular complexity index is 941. The molecule has 25 heavy (non-hydrogen) atoms. The molecular formula is C16H17ClN4O3S. The van der Waals surface area contributed by atoms with Gasteiger partial charge in [0.05, 0.1) is 23.7 Å². The van der Waals surface area contributed by atoms with E-state index in [2.05, 4.69) is 10.4 Å². The van der Waals surface area contributed by atoms with Gasteiger partial charge in [0, 0.05) is 24.2 Å². The third-order valence-corrected chi connectivity index (χ3v) is 6.78. The molecule has 9 heteroatoms. The van der Waals surface area contributed by atoms with Crippen molar-refractivity contribution < 1.29 is 13.2 Å². The zero-order valence-corrected chi connectivity index (χ0v) is 14.9. The highest BCUT2D eigenvalue weighted by atomic mass is 35.5. The summed E-state index contributed by atoms with van der Waals surface area (Å²) in [6, 6.07) is 6.84. The molecular weight excluding hydrogens is 364 g/mol. The van der Waals surface area contributed by atoms with E-state index in [0.29, 0.717) is 30.4 Å². The van der Waals surface area contributed by atoms with E-state index >= 15 is 0 Å². The summed E-state index contributed by atoms with van der Waals surface area (Å²) in [6.07, 6.45) is 2.08. The number of nitrogens with zero attached hydrogens (tertiary/aromatic N) is 3. The summed E-state index contributed by atoms with van der Waals surface area (Å²) in [7, 11) is -3.02. The summed E-state index contributed by atoms with van der Waals surface area (Å²) >= 11 is 6.19. The van der Waals surface area contributed by atoms with Crippen LogP contribution in [0.1, 0.15) is 23.6 Å². The molecule has 2 aromatic rings. The number of rotatable bonds is 2. The van der Waals surface area contributed by atoms with E-state index in [1.807, 2.05) is 18.2 Å².